The second-order valence-electron chi connectivity index (χ2n) is 9.41. The van der Waals surface area contributed by atoms with E-state index < -0.39 is 0 Å². The van der Waals surface area contributed by atoms with Gasteiger partial charge >= 0.3 is 0 Å². The van der Waals surface area contributed by atoms with E-state index in [4.69, 9.17) is 10.1 Å². The van der Waals surface area contributed by atoms with Crippen molar-refractivity contribution < 1.29 is 9.53 Å². The highest BCUT2D eigenvalue weighted by atomic mass is 16.5. The lowest BCUT2D eigenvalue weighted by molar-refractivity contribution is 0.0687. The van der Waals surface area contributed by atoms with Gasteiger partial charge in [0.2, 0.25) is 0 Å². The van der Waals surface area contributed by atoms with Crippen molar-refractivity contribution in [3.8, 4) is 0 Å². The minimum atomic E-state index is -0.244. The molecule has 3 aromatic heterocycles. The highest BCUT2D eigenvalue weighted by molar-refractivity contribution is 5.97. The topological polar surface area (TPSA) is 92.7 Å². The van der Waals surface area contributed by atoms with Crippen LogP contribution in [0.4, 0.5) is 0 Å². The fourth-order valence-electron chi connectivity index (χ4n) is 5.09. The number of piperidine rings is 1. The first-order valence-electron chi connectivity index (χ1n) is 12.5. The third-order valence-electron chi connectivity index (χ3n) is 7.05. The lowest BCUT2D eigenvalue weighted by Crippen LogP contribution is -2.42. The Kier molecular flexibility index (Phi) is 6.95. The fraction of sp³-hybridized carbons (Fsp3) is 0.357. The number of hydrogen-bond donors (Lipinski definition) is 1. The maximum Gasteiger partial charge on any atom is 0.267 e. The zero-order chi connectivity index (χ0) is 25.1. The summed E-state index contributed by atoms with van der Waals surface area (Å²) in [6.45, 7) is 2.23. The molecule has 0 atom stereocenters. The summed E-state index contributed by atoms with van der Waals surface area (Å²) in [5.41, 5.74) is 2.34. The fourth-order valence-corrected chi connectivity index (χ4v) is 5.09. The van der Waals surface area contributed by atoms with Gasteiger partial charge in [0.05, 0.1) is 10.9 Å². The number of benzene rings is 1. The average Bonchev–Trinajstić information content (AvgIpc) is 2.91. The zero-order valence-corrected chi connectivity index (χ0v) is 20.5. The van der Waals surface area contributed by atoms with Crippen LogP contribution in [0, 0.1) is 11.3 Å². The van der Waals surface area contributed by atoms with E-state index in [-0.39, 0.29) is 22.5 Å². The molecule has 4 aromatic rings. The van der Waals surface area contributed by atoms with Crippen molar-refractivity contribution in [2.75, 3.05) is 26.8 Å². The molecule has 36 heavy (non-hydrogen) atoms. The SMILES string of the molecule is COCCCn1c(=N)c(C(=O)N2CCC(Cc3ccccc3)CC2)cc2c(=O)n3ccccc3nc21. The molecule has 0 unspecified atom stereocenters. The van der Waals surface area contributed by atoms with Gasteiger partial charge in [0.25, 0.3) is 11.5 Å². The number of aromatic nitrogens is 3. The molecule has 8 nitrogen and oxygen atoms in total. The number of methoxy groups -OCH3 is 1. The minimum Gasteiger partial charge on any atom is -0.385 e. The molecular formula is C28H31N5O3. The predicted molar refractivity (Wildman–Crippen MR) is 138 cm³/mol. The molecule has 4 heterocycles. The van der Waals surface area contributed by atoms with E-state index in [0.717, 1.165) is 19.3 Å². The Hall–Kier alpha value is -3.78. The summed E-state index contributed by atoms with van der Waals surface area (Å²) in [5.74, 6) is 0.334. The van der Waals surface area contributed by atoms with Gasteiger partial charge < -0.3 is 14.2 Å². The van der Waals surface area contributed by atoms with Gasteiger partial charge in [-0.25, -0.2) is 4.98 Å². The Morgan fingerprint density at radius 2 is 1.86 bits per heavy atom. The Labute approximate surface area is 209 Å². The number of amides is 1. The molecule has 0 radical (unpaired) electrons. The third kappa shape index (κ3) is 4.68. The van der Waals surface area contributed by atoms with Crippen molar-refractivity contribution in [3.05, 3.63) is 87.8 Å². The van der Waals surface area contributed by atoms with Crippen LogP contribution in [0.5, 0.6) is 0 Å². The Morgan fingerprint density at radius 1 is 1.11 bits per heavy atom. The van der Waals surface area contributed by atoms with E-state index >= 15 is 0 Å². The summed E-state index contributed by atoms with van der Waals surface area (Å²) in [6.07, 6.45) is 5.17. The molecule has 0 spiro atoms. The van der Waals surface area contributed by atoms with E-state index in [0.29, 0.717) is 55.3 Å². The molecule has 1 aliphatic heterocycles. The summed E-state index contributed by atoms with van der Waals surface area (Å²) in [5, 5.41) is 9.25. The minimum absolute atomic E-state index is 0.0854. The van der Waals surface area contributed by atoms with E-state index in [1.165, 1.54) is 9.96 Å². The number of nitrogens with one attached hydrogen (secondary N) is 1. The van der Waals surface area contributed by atoms with Crippen molar-refractivity contribution in [2.45, 2.75) is 32.2 Å². The van der Waals surface area contributed by atoms with Crippen molar-refractivity contribution >= 4 is 22.6 Å². The first-order chi connectivity index (χ1) is 17.6. The molecule has 0 saturated carbocycles. The van der Waals surface area contributed by atoms with Gasteiger partial charge in [-0.15, -0.1) is 0 Å². The summed E-state index contributed by atoms with van der Waals surface area (Å²) in [4.78, 5) is 33.5. The molecule has 186 valence electrons. The standard InChI is InChI=1S/C28H31N5O3/c1-36-17-7-14-33-25(29)22(19-23-26(33)30-24-10-5-6-13-32(24)28(23)35)27(34)31-15-11-21(12-16-31)18-20-8-3-2-4-9-20/h2-6,8-10,13,19,21,29H,7,11-12,14-18H2,1H3. The van der Waals surface area contributed by atoms with Gasteiger partial charge in [-0.2, -0.15) is 0 Å². The summed E-state index contributed by atoms with van der Waals surface area (Å²) in [6, 6.07) is 17.4. The van der Waals surface area contributed by atoms with Crippen LogP contribution < -0.4 is 11.0 Å². The van der Waals surface area contributed by atoms with Gasteiger partial charge in [-0.3, -0.25) is 19.4 Å². The first kappa shape index (κ1) is 23.9. The second-order valence-corrected chi connectivity index (χ2v) is 9.41. The van der Waals surface area contributed by atoms with Gasteiger partial charge in [0, 0.05) is 39.5 Å². The monoisotopic (exact) mass is 485 g/mol. The number of carbonyl (C=O) groups excluding carboxylic acids is 1. The predicted octanol–water partition coefficient (Wildman–Crippen LogP) is 3.26. The van der Waals surface area contributed by atoms with Gasteiger partial charge in [-0.1, -0.05) is 36.4 Å². The van der Waals surface area contributed by atoms with Crippen LogP contribution in [0.15, 0.2) is 65.6 Å². The number of hydrogen-bond acceptors (Lipinski definition) is 5. The van der Waals surface area contributed by atoms with Crippen molar-refractivity contribution in [2.24, 2.45) is 5.92 Å². The lowest BCUT2D eigenvalue weighted by Gasteiger charge is -2.32. The van der Waals surface area contributed by atoms with Crippen LogP contribution >= 0.6 is 0 Å². The first-order valence-corrected chi connectivity index (χ1v) is 12.5. The van der Waals surface area contributed by atoms with E-state index in [1.54, 1.807) is 36.1 Å². The maximum absolute atomic E-state index is 13.6. The van der Waals surface area contributed by atoms with E-state index in [2.05, 4.69) is 29.2 Å². The van der Waals surface area contributed by atoms with Gasteiger partial charge in [0.15, 0.2) is 0 Å². The van der Waals surface area contributed by atoms with E-state index in [1.807, 2.05) is 17.0 Å². The number of nitrogens with zero attached hydrogens (tertiary/aromatic N) is 4. The van der Waals surface area contributed by atoms with Crippen molar-refractivity contribution in [3.63, 3.8) is 0 Å². The quantitative estimate of drug-likeness (QED) is 0.321. The van der Waals surface area contributed by atoms with Crippen LogP contribution in [0.3, 0.4) is 0 Å². The van der Waals surface area contributed by atoms with Gasteiger partial charge in [0.1, 0.15) is 16.8 Å². The molecule has 5 rings (SSSR count). The number of ether oxygens (including phenoxy) is 1. The summed E-state index contributed by atoms with van der Waals surface area (Å²) >= 11 is 0. The Bertz CT molecular complexity index is 1500. The van der Waals surface area contributed by atoms with Crippen molar-refractivity contribution in [1.29, 1.82) is 5.41 Å². The molecule has 1 saturated heterocycles. The molecule has 0 bridgehead atoms. The smallest absolute Gasteiger partial charge is 0.267 e. The number of rotatable bonds is 7. The highest BCUT2D eigenvalue weighted by Crippen LogP contribution is 2.23. The average molecular weight is 486 g/mol. The maximum atomic E-state index is 13.6. The number of aryl methyl sites for hydroxylation is 1. The Balaban J connectivity index is 1.47. The van der Waals surface area contributed by atoms with E-state index in [9.17, 15) is 9.59 Å². The molecule has 8 heteroatoms. The summed E-state index contributed by atoms with van der Waals surface area (Å²) < 4.78 is 8.36. The molecule has 0 aliphatic carbocycles. The largest absolute Gasteiger partial charge is 0.385 e. The second kappa shape index (κ2) is 10.5. The lowest BCUT2D eigenvalue weighted by atomic mass is 9.90. The van der Waals surface area contributed by atoms with Crippen LogP contribution in [0.1, 0.15) is 35.2 Å². The molecular weight excluding hydrogens is 454 g/mol. The zero-order valence-electron chi connectivity index (χ0n) is 20.5. The number of likely N-dealkylation sites (tertiary alicyclic amines) is 1. The molecule has 1 aromatic carbocycles. The summed E-state index contributed by atoms with van der Waals surface area (Å²) in [7, 11) is 1.63. The molecule has 1 amide bonds. The Morgan fingerprint density at radius 3 is 2.61 bits per heavy atom. The normalized spacial score (nSPS) is 14.5. The molecule has 1 fully saturated rings. The third-order valence-corrected chi connectivity index (χ3v) is 7.05. The molecule has 1 N–H and O–H groups in total. The van der Waals surface area contributed by atoms with Crippen LogP contribution in [0.25, 0.3) is 16.7 Å². The van der Waals surface area contributed by atoms with Crippen LogP contribution in [-0.2, 0) is 17.7 Å². The number of fused-ring (bicyclic) bond motifs is 2. The number of carbonyl (C=O) groups is 1. The number of pyridine rings is 2. The van der Waals surface area contributed by atoms with Crippen molar-refractivity contribution in [1.82, 2.24) is 18.9 Å². The van der Waals surface area contributed by atoms with Crippen LogP contribution in [0.2, 0.25) is 0 Å². The highest BCUT2D eigenvalue weighted by Gasteiger charge is 2.26. The molecule has 1 aliphatic rings. The van der Waals surface area contributed by atoms with Gasteiger partial charge in [-0.05, 0) is 55.4 Å². The van der Waals surface area contributed by atoms with Crippen LogP contribution in [-0.4, -0.2) is 51.6 Å².